The predicted molar refractivity (Wildman–Crippen MR) is 79.0 cm³/mol. The number of benzene rings is 1. The van der Waals surface area contributed by atoms with Crippen LogP contribution in [0.25, 0.3) is 0 Å². The van der Waals surface area contributed by atoms with Crippen LogP contribution in [0.15, 0.2) is 6.07 Å². The third-order valence-corrected chi connectivity index (χ3v) is 3.57. The van der Waals surface area contributed by atoms with Gasteiger partial charge in [0.2, 0.25) is 11.6 Å². The van der Waals surface area contributed by atoms with E-state index in [0.717, 1.165) is 19.3 Å². The summed E-state index contributed by atoms with van der Waals surface area (Å²) in [6.07, 6.45) is 9.83. The monoisotopic (exact) mass is 320 g/mol. The number of ether oxygens (including phenoxy) is 1. The van der Waals surface area contributed by atoms with Crippen LogP contribution in [0, 0.1) is 23.3 Å². The maximum absolute atomic E-state index is 13.3. The van der Waals surface area contributed by atoms with Crippen LogP contribution in [-0.4, -0.2) is 6.61 Å². The highest BCUT2D eigenvalue weighted by Crippen LogP contribution is 2.26. The molecule has 126 valence electrons. The SMILES string of the molecule is CCCCCCCCCCCOc1c(F)c(F)cc(F)c1F. The lowest BCUT2D eigenvalue weighted by atomic mass is 10.1. The second-order valence-electron chi connectivity index (χ2n) is 5.47. The molecule has 1 nitrogen and oxygen atoms in total. The highest BCUT2D eigenvalue weighted by atomic mass is 19.2. The van der Waals surface area contributed by atoms with Crippen molar-refractivity contribution < 1.29 is 22.3 Å². The Balaban J connectivity index is 2.18. The third-order valence-electron chi connectivity index (χ3n) is 3.57. The average Bonchev–Trinajstić information content (AvgIpc) is 2.50. The van der Waals surface area contributed by atoms with Gasteiger partial charge in [-0.25, -0.2) is 8.78 Å². The highest BCUT2D eigenvalue weighted by molar-refractivity contribution is 5.28. The molecule has 1 aromatic rings. The van der Waals surface area contributed by atoms with Gasteiger partial charge in [-0.05, 0) is 6.42 Å². The molecule has 0 amide bonds. The molecule has 22 heavy (non-hydrogen) atoms. The Labute approximate surface area is 129 Å². The molecule has 0 saturated heterocycles. The van der Waals surface area contributed by atoms with Crippen LogP contribution in [0.3, 0.4) is 0 Å². The van der Waals surface area contributed by atoms with E-state index in [1.54, 1.807) is 0 Å². The Morgan fingerprint density at radius 1 is 0.727 bits per heavy atom. The van der Waals surface area contributed by atoms with Crippen LogP contribution in [0.4, 0.5) is 17.6 Å². The summed E-state index contributed by atoms with van der Waals surface area (Å²) in [5.41, 5.74) is 0. The lowest BCUT2D eigenvalue weighted by molar-refractivity contribution is 0.263. The maximum atomic E-state index is 13.3. The standard InChI is InChI=1S/C17H24F4O/c1-2-3-4-5-6-7-8-9-10-11-22-17-15(20)13(18)12-14(19)16(17)21/h12H,2-11H2,1H3. The summed E-state index contributed by atoms with van der Waals surface area (Å²) in [6.45, 7) is 2.22. The molecular formula is C17H24F4O. The van der Waals surface area contributed by atoms with Crippen LogP contribution in [0.1, 0.15) is 64.7 Å². The van der Waals surface area contributed by atoms with E-state index in [1.807, 2.05) is 0 Å². The maximum Gasteiger partial charge on any atom is 0.203 e. The second-order valence-corrected chi connectivity index (χ2v) is 5.47. The minimum absolute atomic E-state index is 0.0482. The van der Waals surface area contributed by atoms with Gasteiger partial charge in [0.1, 0.15) is 0 Å². The second kappa shape index (κ2) is 10.5. The summed E-state index contributed by atoms with van der Waals surface area (Å²) in [7, 11) is 0. The number of halogens is 4. The Morgan fingerprint density at radius 3 is 1.68 bits per heavy atom. The summed E-state index contributed by atoms with van der Waals surface area (Å²) < 4.78 is 57.4. The van der Waals surface area contributed by atoms with Gasteiger partial charge in [-0.2, -0.15) is 8.78 Å². The molecule has 0 aromatic heterocycles. The summed E-state index contributed by atoms with van der Waals surface area (Å²) in [5, 5.41) is 0. The minimum Gasteiger partial charge on any atom is -0.487 e. The summed E-state index contributed by atoms with van der Waals surface area (Å²) >= 11 is 0. The lowest BCUT2D eigenvalue weighted by Gasteiger charge is -2.09. The van der Waals surface area contributed by atoms with Crippen LogP contribution >= 0.6 is 0 Å². The van der Waals surface area contributed by atoms with E-state index in [9.17, 15) is 17.6 Å². The van der Waals surface area contributed by atoms with Gasteiger partial charge in [0, 0.05) is 6.07 Å². The highest BCUT2D eigenvalue weighted by Gasteiger charge is 2.20. The molecule has 0 saturated carbocycles. The van der Waals surface area contributed by atoms with E-state index >= 15 is 0 Å². The molecule has 0 atom stereocenters. The van der Waals surface area contributed by atoms with Gasteiger partial charge in [-0.1, -0.05) is 58.3 Å². The molecule has 0 radical (unpaired) electrons. The molecule has 0 fully saturated rings. The van der Waals surface area contributed by atoms with Crippen LogP contribution in [-0.2, 0) is 0 Å². The van der Waals surface area contributed by atoms with E-state index in [4.69, 9.17) is 4.74 Å². The lowest BCUT2D eigenvalue weighted by Crippen LogP contribution is -2.05. The molecule has 1 aromatic carbocycles. The van der Waals surface area contributed by atoms with Crippen molar-refractivity contribution in [2.24, 2.45) is 0 Å². The topological polar surface area (TPSA) is 9.23 Å². The summed E-state index contributed by atoms with van der Waals surface area (Å²) in [4.78, 5) is 0. The molecule has 0 spiro atoms. The zero-order chi connectivity index (χ0) is 16.4. The van der Waals surface area contributed by atoms with Crippen molar-refractivity contribution in [3.8, 4) is 5.75 Å². The molecular weight excluding hydrogens is 296 g/mol. The fourth-order valence-corrected chi connectivity index (χ4v) is 2.26. The summed E-state index contributed by atoms with van der Waals surface area (Å²) in [5.74, 6) is -6.80. The molecule has 5 heteroatoms. The average molecular weight is 320 g/mol. The van der Waals surface area contributed by atoms with Gasteiger partial charge in [0.15, 0.2) is 17.4 Å². The van der Waals surface area contributed by atoms with Gasteiger partial charge in [-0.15, -0.1) is 0 Å². The van der Waals surface area contributed by atoms with Crippen molar-refractivity contribution in [2.45, 2.75) is 64.7 Å². The van der Waals surface area contributed by atoms with E-state index in [2.05, 4.69) is 6.92 Å². The van der Waals surface area contributed by atoms with Crippen molar-refractivity contribution in [1.82, 2.24) is 0 Å². The minimum atomic E-state index is -1.48. The Kier molecular flexibility index (Phi) is 8.94. The molecule has 0 N–H and O–H groups in total. The number of hydrogen-bond acceptors (Lipinski definition) is 1. The summed E-state index contributed by atoms with van der Waals surface area (Å²) in [6, 6.07) is 0.177. The first kappa shape index (κ1) is 18.8. The van der Waals surface area contributed by atoms with Crippen molar-refractivity contribution in [3.05, 3.63) is 29.3 Å². The van der Waals surface area contributed by atoms with Crippen molar-refractivity contribution in [1.29, 1.82) is 0 Å². The van der Waals surface area contributed by atoms with Crippen molar-refractivity contribution in [2.75, 3.05) is 6.61 Å². The number of hydrogen-bond donors (Lipinski definition) is 0. The smallest absolute Gasteiger partial charge is 0.203 e. The molecule has 0 unspecified atom stereocenters. The van der Waals surface area contributed by atoms with Gasteiger partial charge < -0.3 is 4.74 Å². The fourth-order valence-electron chi connectivity index (χ4n) is 2.26. The molecule has 0 heterocycles. The zero-order valence-electron chi connectivity index (χ0n) is 13.1. The number of unbranched alkanes of at least 4 members (excludes halogenated alkanes) is 8. The van der Waals surface area contributed by atoms with E-state index < -0.39 is 29.0 Å². The van der Waals surface area contributed by atoms with Crippen molar-refractivity contribution in [3.63, 3.8) is 0 Å². The molecule has 0 aliphatic carbocycles. The van der Waals surface area contributed by atoms with Crippen molar-refractivity contribution >= 4 is 0 Å². The molecule has 0 aliphatic heterocycles. The first-order valence-corrected chi connectivity index (χ1v) is 8.03. The largest absolute Gasteiger partial charge is 0.487 e. The fraction of sp³-hybridized carbons (Fsp3) is 0.647. The zero-order valence-corrected chi connectivity index (χ0v) is 13.1. The van der Waals surface area contributed by atoms with Crippen LogP contribution < -0.4 is 4.74 Å². The Hall–Kier alpha value is -1.26. The quantitative estimate of drug-likeness (QED) is 0.270. The van der Waals surface area contributed by atoms with Gasteiger partial charge in [-0.3, -0.25) is 0 Å². The first-order valence-electron chi connectivity index (χ1n) is 8.03. The molecule has 0 aliphatic rings. The third kappa shape index (κ3) is 6.24. The molecule has 0 bridgehead atoms. The van der Waals surface area contributed by atoms with E-state index in [-0.39, 0.29) is 12.7 Å². The molecule has 1 rings (SSSR count). The predicted octanol–water partition coefficient (Wildman–Crippen LogP) is 6.15. The van der Waals surface area contributed by atoms with Gasteiger partial charge in [0.25, 0.3) is 0 Å². The van der Waals surface area contributed by atoms with Gasteiger partial charge in [0.05, 0.1) is 6.61 Å². The van der Waals surface area contributed by atoms with Crippen LogP contribution in [0.2, 0.25) is 0 Å². The van der Waals surface area contributed by atoms with E-state index in [1.165, 1.54) is 32.1 Å². The first-order chi connectivity index (χ1) is 10.6. The number of rotatable bonds is 11. The van der Waals surface area contributed by atoms with Gasteiger partial charge >= 0.3 is 0 Å². The van der Waals surface area contributed by atoms with E-state index in [0.29, 0.717) is 6.42 Å². The normalized spacial score (nSPS) is 11.0. The Morgan fingerprint density at radius 2 is 1.18 bits per heavy atom. The van der Waals surface area contributed by atoms with Crippen LogP contribution in [0.5, 0.6) is 5.75 Å². The Bertz CT molecular complexity index is 423.